The fourth-order valence-electron chi connectivity index (χ4n) is 2.67. The number of benzene rings is 1. The lowest BCUT2D eigenvalue weighted by atomic mass is 9.74. The quantitative estimate of drug-likeness (QED) is 0.798. The van der Waals surface area contributed by atoms with Gasteiger partial charge in [0.25, 0.3) is 0 Å². The second-order valence-corrected chi connectivity index (χ2v) is 4.96. The number of allylic oxidation sites excluding steroid dienone is 1. The van der Waals surface area contributed by atoms with Crippen molar-refractivity contribution in [3.8, 4) is 0 Å². The molecule has 18 heavy (non-hydrogen) atoms. The van der Waals surface area contributed by atoms with E-state index in [1.54, 1.807) is 4.90 Å². The highest BCUT2D eigenvalue weighted by Gasteiger charge is 2.29. The van der Waals surface area contributed by atoms with Gasteiger partial charge in [0.15, 0.2) is 0 Å². The van der Waals surface area contributed by atoms with Crippen molar-refractivity contribution in [2.24, 2.45) is 0 Å². The number of nitrogens with zero attached hydrogens (tertiary/aromatic N) is 1. The normalized spacial score (nSPS) is 25.2. The molecule has 1 atom stereocenters. The Morgan fingerprint density at radius 2 is 2.22 bits per heavy atom. The predicted octanol–water partition coefficient (Wildman–Crippen LogP) is 3.21. The smallest absolute Gasteiger partial charge is 0.413 e. The molecular formula is C15H17NO2. The van der Waals surface area contributed by atoms with Crippen molar-refractivity contribution in [1.29, 1.82) is 0 Å². The van der Waals surface area contributed by atoms with Gasteiger partial charge in [-0.15, -0.1) is 0 Å². The molecule has 1 aromatic carbocycles. The van der Waals surface area contributed by atoms with Crippen molar-refractivity contribution in [2.75, 3.05) is 13.2 Å². The van der Waals surface area contributed by atoms with Gasteiger partial charge < -0.3 is 4.74 Å². The molecule has 1 unspecified atom stereocenters. The molecule has 3 heteroatoms. The number of carbonyl (C=O) groups excluding carboxylic acids is 1. The van der Waals surface area contributed by atoms with E-state index in [4.69, 9.17) is 4.74 Å². The van der Waals surface area contributed by atoms with E-state index in [-0.39, 0.29) is 6.09 Å². The summed E-state index contributed by atoms with van der Waals surface area (Å²) < 4.78 is 4.94. The molecule has 1 aliphatic carbocycles. The molecule has 1 aromatic rings. The summed E-state index contributed by atoms with van der Waals surface area (Å²) >= 11 is 0. The molecule has 1 heterocycles. The summed E-state index contributed by atoms with van der Waals surface area (Å²) in [6.45, 7) is 3.34. The summed E-state index contributed by atoms with van der Waals surface area (Å²) in [5, 5.41) is 0. The Hall–Kier alpha value is -1.77. The van der Waals surface area contributed by atoms with E-state index in [0.717, 1.165) is 6.42 Å². The molecule has 0 radical (unpaired) electrons. The molecule has 2 aliphatic rings. The van der Waals surface area contributed by atoms with Crippen molar-refractivity contribution in [1.82, 2.24) is 4.90 Å². The second-order valence-electron chi connectivity index (χ2n) is 4.96. The topological polar surface area (TPSA) is 29.5 Å². The van der Waals surface area contributed by atoms with Gasteiger partial charge in [0.05, 0.1) is 6.54 Å². The lowest BCUT2D eigenvalue weighted by molar-refractivity contribution is 0.166. The number of rotatable bonds is 2. The highest BCUT2D eigenvalue weighted by molar-refractivity contribution is 5.70. The lowest BCUT2D eigenvalue weighted by Crippen LogP contribution is -2.22. The summed E-state index contributed by atoms with van der Waals surface area (Å²) in [5.41, 5.74) is 4.07. The molecule has 1 saturated carbocycles. The number of hydrogen-bond donors (Lipinski definition) is 0. The van der Waals surface area contributed by atoms with Crippen molar-refractivity contribution >= 4 is 6.09 Å². The Morgan fingerprint density at radius 1 is 1.39 bits per heavy atom. The van der Waals surface area contributed by atoms with Gasteiger partial charge >= 0.3 is 6.09 Å². The summed E-state index contributed by atoms with van der Waals surface area (Å²) in [6, 6.07) is 8.49. The first-order valence-corrected chi connectivity index (χ1v) is 6.45. The Kier molecular flexibility index (Phi) is 2.82. The van der Waals surface area contributed by atoms with Gasteiger partial charge in [-0.3, -0.25) is 4.90 Å². The molecule has 1 aliphatic heterocycles. The van der Waals surface area contributed by atoms with Crippen molar-refractivity contribution in [3.05, 3.63) is 47.2 Å². The van der Waals surface area contributed by atoms with E-state index in [1.165, 1.54) is 23.1 Å². The third-order valence-corrected chi connectivity index (χ3v) is 3.85. The van der Waals surface area contributed by atoms with Gasteiger partial charge in [-0.25, -0.2) is 4.79 Å². The maximum atomic E-state index is 11.4. The van der Waals surface area contributed by atoms with Crippen LogP contribution in [-0.2, 0) is 4.74 Å². The standard InChI is InChI=1S/C15H17NO2/c1-11-4-2-3-5-13(11)14-7-6-12(14)10-16-8-9-18-15(16)17/h2-5,10,14H,6-9H2,1H3/b12-10-. The third kappa shape index (κ3) is 1.90. The third-order valence-electron chi connectivity index (χ3n) is 3.85. The van der Waals surface area contributed by atoms with Crippen LogP contribution in [0.25, 0.3) is 0 Å². The highest BCUT2D eigenvalue weighted by Crippen LogP contribution is 2.43. The van der Waals surface area contributed by atoms with Gasteiger partial charge in [0.1, 0.15) is 6.61 Å². The van der Waals surface area contributed by atoms with Crippen LogP contribution in [0.4, 0.5) is 4.79 Å². The Morgan fingerprint density at radius 3 is 2.83 bits per heavy atom. The van der Waals surface area contributed by atoms with E-state index in [0.29, 0.717) is 19.1 Å². The molecule has 1 amide bonds. The monoisotopic (exact) mass is 243 g/mol. The van der Waals surface area contributed by atoms with Crippen LogP contribution in [0.5, 0.6) is 0 Å². The highest BCUT2D eigenvalue weighted by atomic mass is 16.6. The van der Waals surface area contributed by atoms with E-state index in [2.05, 4.69) is 31.2 Å². The maximum Gasteiger partial charge on any atom is 0.413 e. The van der Waals surface area contributed by atoms with Gasteiger partial charge in [0, 0.05) is 12.1 Å². The summed E-state index contributed by atoms with van der Waals surface area (Å²) in [4.78, 5) is 13.1. The molecule has 3 nitrogen and oxygen atoms in total. The fraction of sp³-hybridized carbons (Fsp3) is 0.400. The van der Waals surface area contributed by atoms with Gasteiger partial charge in [-0.05, 0) is 36.5 Å². The summed E-state index contributed by atoms with van der Waals surface area (Å²) in [7, 11) is 0. The van der Waals surface area contributed by atoms with Crippen LogP contribution < -0.4 is 0 Å². The number of hydrogen-bond acceptors (Lipinski definition) is 2. The first kappa shape index (κ1) is 11.3. The zero-order valence-corrected chi connectivity index (χ0v) is 10.6. The first-order valence-electron chi connectivity index (χ1n) is 6.45. The van der Waals surface area contributed by atoms with Crippen LogP contribution in [0.3, 0.4) is 0 Å². The molecule has 3 rings (SSSR count). The van der Waals surface area contributed by atoms with Crippen molar-refractivity contribution in [2.45, 2.75) is 25.7 Å². The van der Waals surface area contributed by atoms with Gasteiger partial charge in [-0.1, -0.05) is 24.3 Å². The van der Waals surface area contributed by atoms with Crippen LogP contribution in [0.2, 0.25) is 0 Å². The zero-order valence-electron chi connectivity index (χ0n) is 10.6. The number of ether oxygens (including phenoxy) is 1. The van der Waals surface area contributed by atoms with Crippen molar-refractivity contribution in [3.63, 3.8) is 0 Å². The van der Waals surface area contributed by atoms with Crippen LogP contribution in [-0.4, -0.2) is 24.1 Å². The predicted molar refractivity (Wildman–Crippen MR) is 69.3 cm³/mol. The zero-order chi connectivity index (χ0) is 12.5. The minimum atomic E-state index is -0.210. The molecule has 0 spiro atoms. The molecule has 2 fully saturated rings. The van der Waals surface area contributed by atoms with Crippen LogP contribution >= 0.6 is 0 Å². The first-order chi connectivity index (χ1) is 8.75. The lowest BCUT2D eigenvalue weighted by Gasteiger charge is -2.32. The number of cyclic esters (lactones) is 1. The molecule has 0 aromatic heterocycles. The van der Waals surface area contributed by atoms with Gasteiger partial charge in [0.2, 0.25) is 0 Å². The van der Waals surface area contributed by atoms with Crippen molar-refractivity contribution < 1.29 is 9.53 Å². The van der Waals surface area contributed by atoms with Crippen LogP contribution in [0.15, 0.2) is 36.0 Å². The Balaban J connectivity index is 1.81. The second kappa shape index (κ2) is 4.48. The maximum absolute atomic E-state index is 11.4. The Bertz CT molecular complexity index is 507. The SMILES string of the molecule is Cc1ccccc1C1CC/C1=C/N1CCOC1=O. The van der Waals surface area contributed by atoms with Gasteiger partial charge in [-0.2, -0.15) is 0 Å². The van der Waals surface area contributed by atoms with E-state index in [1.807, 2.05) is 6.20 Å². The fourth-order valence-corrected chi connectivity index (χ4v) is 2.67. The van der Waals surface area contributed by atoms with E-state index < -0.39 is 0 Å². The number of aryl methyl sites for hydroxylation is 1. The average molecular weight is 243 g/mol. The van der Waals surface area contributed by atoms with E-state index in [9.17, 15) is 4.79 Å². The minimum absolute atomic E-state index is 0.210. The largest absolute Gasteiger partial charge is 0.447 e. The summed E-state index contributed by atoms with van der Waals surface area (Å²) in [5.74, 6) is 0.486. The molecule has 0 bridgehead atoms. The molecule has 1 saturated heterocycles. The average Bonchev–Trinajstić information content (AvgIpc) is 2.73. The number of carbonyl (C=O) groups is 1. The number of amides is 1. The van der Waals surface area contributed by atoms with Crippen LogP contribution in [0.1, 0.15) is 29.9 Å². The molecule has 94 valence electrons. The summed E-state index contributed by atoms with van der Waals surface area (Å²) in [6.07, 6.45) is 4.05. The van der Waals surface area contributed by atoms with E-state index >= 15 is 0 Å². The molecule has 0 N–H and O–H groups in total. The minimum Gasteiger partial charge on any atom is -0.447 e. The van der Waals surface area contributed by atoms with Crippen LogP contribution in [0, 0.1) is 6.92 Å². The Labute approximate surface area is 107 Å². The molecular weight excluding hydrogens is 226 g/mol.